The zero-order chi connectivity index (χ0) is 13.2. The first-order valence-corrected chi connectivity index (χ1v) is 7.84. The molecule has 2 bridgehead atoms. The van der Waals surface area contributed by atoms with Crippen LogP contribution in [0.25, 0.3) is 0 Å². The van der Waals surface area contributed by atoms with E-state index >= 15 is 0 Å². The topological polar surface area (TPSA) is 38.0 Å². The van der Waals surface area contributed by atoms with Crippen molar-refractivity contribution in [3.05, 3.63) is 35.9 Å². The molecule has 2 fully saturated rings. The van der Waals surface area contributed by atoms with E-state index in [2.05, 4.69) is 42.7 Å². The highest BCUT2D eigenvalue weighted by Crippen LogP contribution is 2.51. The average Bonchev–Trinajstić information content (AvgIpc) is 3.08. The molecule has 2 nitrogen and oxygen atoms in total. The van der Waals surface area contributed by atoms with Gasteiger partial charge in [-0.3, -0.25) is 11.3 Å². The molecule has 3 rings (SSSR count). The van der Waals surface area contributed by atoms with Crippen molar-refractivity contribution >= 4 is 0 Å². The minimum absolute atomic E-state index is 0.447. The van der Waals surface area contributed by atoms with E-state index in [0.29, 0.717) is 12.0 Å². The molecule has 1 aromatic carbocycles. The van der Waals surface area contributed by atoms with Gasteiger partial charge in [0.1, 0.15) is 0 Å². The third-order valence-corrected chi connectivity index (χ3v) is 5.55. The van der Waals surface area contributed by atoms with E-state index in [1.807, 2.05) is 0 Å². The molecule has 3 N–H and O–H groups in total. The average molecular weight is 258 g/mol. The minimum Gasteiger partial charge on any atom is -0.271 e. The molecule has 2 saturated carbocycles. The summed E-state index contributed by atoms with van der Waals surface area (Å²) in [5, 5.41) is 0. The lowest BCUT2D eigenvalue weighted by Gasteiger charge is -2.35. The fourth-order valence-corrected chi connectivity index (χ4v) is 4.67. The lowest BCUT2D eigenvalue weighted by atomic mass is 9.75. The lowest BCUT2D eigenvalue weighted by Crippen LogP contribution is -2.46. The number of hydrazine groups is 1. The molecule has 2 aliphatic carbocycles. The fraction of sp³-hybridized carbons (Fsp3) is 0.647. The Morgan fingerprint density at radius 1 is 1.21 bits per heavy atom. The second-order valence-electron chi connectivity index (χ2n) is 6.46. The SMILES string of the molecule is CCC(c1ccccc1)C(NN)C1CC2CCC1C2. The van der Waals surface area contributed by atoms with Gasteiger partial charge in [-0.05, 0) is 49.0 Å². The summed E-state index contributed by atoms with van der Waals surface area (Å²) in [6, 6.07) is 11.3. The number of nitrogens with one attached hydrogen (secondary N) is 1. The Labute approximate surface area is 116 Å². The van der Waals surface area contributed by atoms with Crippen LogP contribution in [-0.4, -0.2) is 6.04 Å². The van der Waals surface area contributed by atoms with Gasteiger partial charge < -0.3 is 0 Å². The summed E-state index contributed by atoms with van der Waals surface area (Å²) in [4.78, 5) is 0. The van der Waals surface area contributed by atoms with Crippen LogP contribution in [0.1, 0.15) is 50.5 Å². The Balaban J connectivity index is 1.80. The first-order chi connectivity index (χ1) is 9.33. The molecule has 0 aliphatic heterocycles. The summed E-state index contributed by atoms with van der Waals surface area (Å²) >= 11 is 0. The first-order valence-electron chi connectivity index (χ1n) is 7.84. The monoisotopic (exact) mass is 258 g/mol. The Morgan fingerprint density at radius 2 is 2.00 bits per heavy atom. The van der Waals surface area contributed by atoms with E-state index in [9.17, 15) is 0 Å². The standard InChI is InChI=1S/C17H26N2/c1-2-15(13-6-4-3-5-7-13)17(19-18)16-11-12-8-9-14(16)10-12/h3-7,12,14-17,19H,2,8-11,18H2,1H3. The van der Waals surface area contributed by atoms with Crippen LogP contribution in [0.4, 0.5) is 0 Å². The van der Waals surface area contributed by atoms with Gasteiger partial charge in [0.15, 0.2) is 0 Å². The number of hydrogen-bond acceptors (Lipinski definition) is 2. The number of rotatable bonds is 5. The van der Waals surface area contributed by atoms with Crippen LogP contribution in [-0.2, 0) is 0 Å². The molecule has 19 heavy (non-hydrogen) atoms. The smallest absolute Gasteiger partial charge is 0.0310 e. The van der Waals surface area contributed by atoms with E-state index in [1.54, 1.807) is 0 Å². The van der Waals surface area contributed by atoms with Crippen molar-refractivity contribution < 1.29 is 0 Å². The maximum atomic E-state index is 5.95. The Hall–Kier alpha value is -0.860. The molecule has 0 saturated heterocycles. The summed E-state index contributed by atoms with van der Waals surface area (Å²) in [6.45, 7) is 2.29. The number of hydrogen-bond donors (Lipinski definition) is 2. The van der Waals surface area contributed by atoms with Gasteiger partial charge in [-0.1, -0.05) is 43.7 Å². The van der Waals surface area contributed by atoms with E-state index in [0.717, 1.165) is 24.2 Å². The summed E-state index contributed by atoms with van der Waals surface area (Å²) in [7, 11) is 0. The maximum Gasteiger partial charge on any atom is 0.0310 e. The van der Waals surface area contributed by atoms with Gasteiger partial charge in [-0.2, -0.15) is 0 Å². The summed E-state index contributed by atoms with van der Waals surface area (Å²) in [5.74, 6) is 9.19. The summed E-state index contributed by atoms with van der Waals surface area (Å²) in [6.07, 6.45) is 6.89. The van der Waals surface area contributed by atoms with Crippen LogP contribution in [0.5, 0.6) is 0 Å². The zero-order valence-electron chi connectivity index (χ0n) is 11.9. The molecule has 1 aromatic rings. The third kappa shape index (κ3) is 2.44. The van der Waals surface area contributed by atoms with Crippen molar-refractivity contribution in [3.63, 3.8) is 0 Å². The molecule has 5 unspecified atom stereocenters. The lowest BCUT2D eigenvalue weighted by molar-refractivity contribution is 0.219. The molecule has 0 aromatic heterocycles. The van der Waals surface area contributed by atoms with Crippen molar-refractivity contribution in [1.29, 1.82) is 0 Å². The van der Waals surface area contributed by atoms with Crippen molar-refractivity contribution in [2.75, 3.05) is 0 Å². The van der Waals surface area contributed by atoms with Gasteiger partial charge >= 0.3 is 0 Å². The van der Waals surface area contributed by atoms with Crippen molar-refractivity contribution in [2.24, 2.45) is 23.6 Å². The largest absolute Gasteiger partial charge is 0.271 e. The first kappa shape index (κ1) is 13.1. The number of nitrogens with two attached hydrogens (primary N) is 1. The second kappa shape index (κ2) is 5.64. The Bertz CT molecular complexity index is 403. The van der Waals surface area contributed by atoms with Gasteiger partial charge in [0.25, 0.3) is 0 Å². The van der Waals surface area contributed by atoms with E-state index in [-0.39, 0.29) is 0 Å². The highest BCUT2D eigenvalue weighted by atomic mass is 15.2. The van der Waals surface area contributed by atoms with Gasteiger partial charge in [0.05, 0.1) is 0 Å². The summed E-state index contributed by atoms with van der Waals surface area (Å²) < 4.78 is 0. The van der Waals surface area contributed by atoms with Crippen LogP contribution in [0.15, 0.2) is 30.3 Å². The van der Waals surface area contributed by atoms with Gasteiger partial charge in [-0.25, -0.2) is 0 Å². The second-order valence-corrected chi connectivity index (χ2v) is 6.46. The van der Waals surface area contributed by atoms with E-state index in [4.69, 9.17) is 5.84 Å². The van der Waals surface area contributed by atoms with E-state index in [1.165, 1.54) is 31.2 Å². The molecule has 0 spiro atoms. The molecule has 2 heteroatoms. The number of benzene rings is 1. The predicted molar refractivity (Wildman–Crippen MR) is 79.5 cm³/mol. The molecule has 2 aliphatic rings. The highest BCUT2D eigenvalue weighted by Gasteiger charge is 2.44. The normalized spacial score (nSPS) is 32.4. The maximum absolute atomic E-state index is 5.95. The van der Waals surface area contributed by atoms with Crippen LogP contribution in [0.2, 0.25) is 0 Å². The Kier molecular flexibility index (Phi) is 3.90. The zero-order valence-corrected chi connectivity index (χ0v) is 11.9. The van der Waals surface area contributed by atoms with Crippen molar-refractivity contribution in [3.8, 4) is 0 Å². The van der Waals surface area contributed by atoms with Crippen LogP contribution in [0.3, 0.4) is 0 Å². The highest BCUT2D eigenvalue weighted by molar-refractivity contribution is 5.22. The molecular formula is C17H26N2. The predicted octanol–water partition coefficient (Wildman–Crippen LogP) is 3.45. The molecule has 104 valence electrons. The molecule has 0 heterocycles. The van der Waals surface area contributed by atoms with Gasteiger partial charge in [-0.15, -0.1) is 0 Å². The fourth-order valence-electron chi connectivity index (χ4n) is 4.67. The molecular weight excluding hydrogens is 232 g/mol. The quantitative estimate of drug-likeness (QED) is 0.627. The van der Waals surface area contributed by atoms with Crippen LogP contribution < -0.4 is 11.3 Å². The van der Waals surface area contributed by atoms with E-state index < -0.39 is 0 Å². The molecule has 0 amide bonds. The van der Waals surface area contributed by atoms with Gasteiger partial charge in [0, 0.05) is 12.0 Å². The van der Waals surface area contributed by atoms with Crippen LogP contribution >= 0.6 is 0 Å². The van der Waals surface area contributed by atoms with Crippen LogP contribution in [0, 0.1) is 17.8 Å². The number of fused-ring (bicyclic) bond motifs is 2. The third-order valence-electron chi connectivity index (χ3n) is 5.55. The Morgan fingerprint density at radius 3 is 2.53 bits per heavy atom. The van der Waals surface area contributed by atoms with Gasteiger partial charge in [0.2, 0.25) is 0 Å². The summed E-state index contributed by atoms with van der Waals surface area (Å²) in [5.41, 5.74) is 4.62. The van der Waals surface area contributed by atoms with Crippen molar-refractivity contribution in [2.45, 2.75) is 51.0 Å². The minimum atomic E-state index is 0.447. The molecule has 5 atom stereocenters. The van der Waals surface area contributed by atoms with Crippen molar-refractivity contribution in [1.82, 2.24) is 5.43 Å². The molecule has 0 radical (unpaired) electrons.